The zero-order chi connectivity index (χ0) is 17.8. The minimum atomic E-state index is -0.0751. The van der Waals surface area contributed by atoms with Crippen LogP contribution < -0.4 is 0 Å². The molecule has 2 nitrogen and oxygen atoms in total. The maximum atomic E-state index is 11.0. The summed E-state index contributed by atoms with van der Waals surface area (Å²) in [4.78, 5) is 11.0. The molecule has 0 spiro atoms. The molecule has 24 heavy (non-hydrogen) atoms. The van der Waals surface area contributed by atoms with Crippen molar-refractivity contribution in [3.8, 4) is 0 Å². The van der Waals surface area contributed by atoms with Crippen molar-refractivity contribution in [1.29, 1.82) is 0 Å². The van der Waals surface area contributed by atoms with Gasteiger partial charge in [0.1, 0.15) is 0 Å². The molecule has 1 aliphatic carbocycles. The molecule has 0 aromatic rings. The number of esters is 1. The number of halogens is 2. The maximum Gasteiger partial charge on any atom is 0.305 e. The largest absolute Gasteiger partial charge is 0.469 e. The standard InChI is InChI=1S/C20H36Br2O2/c1-3-4-5-6-8-11-14-17-18(20(17,21)22)15-12-9-7-10-13-16-19(23)24-2/h17-18H,3-16H2,1-2H3. The highest BCUT2D eigenvalue weighted by Gasteiger charge is 2.59. The van der Waals surface area contributed by atoms with Crippen LogP contribution in [0.5, 0.6) is 0 Å². The van der Waals surface area contributed by atoms with E-state index in [0.717, 1.165) is 24.7 Å². The van der Waals surface area contributed by atoms with Crippen molar-refractivity contribution in [2.45, 2.75) is 100 Å². The first-order valence-electron chi connectivity index (χ1n) is 9.98. The van der Waals surface area contributed by atoms with Crippen LogP contribution in [0.15, 0.2) is 0 Å². The van der Waals surface area contributed by atoms with Gasteiger partial charge < -0.3 is 4.74 Å². The fraction of sp³-hybridized carbons (Fsp3) is 0.950. The topological polar surface area (TPSA) is 26.3 Å². The molecule has 0 saturated heterocycles. The first kappa shape index (κ1) is 22.5. The fourth-order valence-electron chi connectivity index (χ4n) is 3.66. The van der Waals surface area contributed by atoms with Crippen LogP contribution in [0.4, 0.5) is 0 Å². The van der Waals surface area contributed by atoms with Gasteiger partial charge in [-0.2, -0.15) is 0 Å². The van der Waals surface area contributed by atoms with E-state index in [0.29, 0.717) is 6.42 Å². The summed E-state index contributed by atoms with van der Waals surface area (Å²) in [6.07, 6.45) is 17.6. The summed E-state index contributed by atoms with van der Waals surface area (Å²) in [7, 11) is 1.46. The van der Waals surface area contributed by atoms with E-state index >= 15 is 0 Å². The molecule has 142 valence electrons. The van der Waals surface area contributed by atoms with Gasteiger partial charge in [0.2, 0.25) is 0 Å². The molecule has 1 saturated carbocycles. The molecule has 0 amide bonds. The van der Waals surface area contributed by atoms with Crippen LogP contribution in [0.2, 0.25) is 0 Å². The van der Waals surface area contributed by atoms with Crippen LogP contribution in [-0.4, -0.2) is 16.3 Å². The van der Waals surface area contributed by atoms with Gasteiger partial charge in [-0.15, -0.1) is 0 Å². The van der Waals surface area contributed by atoms with Crippen molar-refractivity contribution in [3.05, 3.63) is 0 Å². The molecule has 0 N–H and O–H groups in total. The minimum Gasteiger partial charge on any atom is -0.469 e. The van der Waals surface area contributed by atoms with E-state index in [9.17, 15) is 4.79 Å². The van der Waals surface area contributed by atoms with Gasteiger partial charge in [-0.3, -0.25) is 4.79 Å². The van der Waals surface area contributed by atoms with E-state index in [4.69, 9.17) is 0 Å². The Morgan fingerprint density at radius 1 is 0.833 bits per heavy atom. The number of carbonyl (C=O) groups excluding carboxylic acids is 1. The normalized spacial score (nSPS) is 21.7. The summed E-state index contributed by atoms with van der Waals surface area (Å²) in [6.45, 7) is 2.28. The van der Waals surface area contributed by atoms with Gasteiger partial charge in [0.15, 0.2) is 0 Å². The van der Waals surface area contributed by atoms with E-state index in [-0.39, 0.29) is 9.20 Å². The molecule has 2 unspecified atom stereocenters. The van der Waals surface area contributed by atoms with Gasteiger partial charge in [0.25, 0.3) is 0 Å². The number of alkyl halides is 2. The second kappa shape index (κ2) is 12.7. The van der Waals surface area contributed by atoms with E-state index in [1.165, 1.54) is 77.7 Å². The molecule has 0 aromatic heterocycles. The summed E-state index contributed by atoms with van der Waals surface area (Å²) in [5.41, 5.74) is 0. The van der Waals surface area contributed by atoms with E-state index in [1.807, 2.05) is 0 Å². The fourth-order valence-corrected chi connectivity index (χ4v) is 5.59. The smallest absolute Gasteiger partial charge is 0.305 e. The number of methoxy groups -OCH3 is 1. The van der Waals surface area contributed by atoms with Crippen LogP contribution in [0.25, 0.3) is 0 Å². The Hall–Kier alpha value is 0.430. The van der Waals surface area contributed by atoms with Crippen LogP contribution in [0.1, 0.15) is 96.8 Å². The Labute approximate surface area is 166 Å². The highest BCUT2D eigenvalue weighted by Crippen LogP contribution is 2.65. The number of hydrogen-bond donors (Lipinski definition) is 0. The van der Waals surface area contributed by atoms with E-state index in [2.05, 4.69) is 43.5 Å². The lowest BCUT2D eigenvalue weighted by Gasteiger charge is -2.02. The van der Waals surface area contributed by atoms with Crippen molar-refractivity contribution in [1.82, 2.24) is 0 Å². The summed E-state index contributed by atoms with van der Waals surface area (Å²) in [5, 5.41) is 0. The van der Waals surface area contributed by atoms with Crippen LogP contribution in [0, 0.1) is 11.8 Å². The van der Waals surface area contributed by atoms with Crippen molar-refractivity contribution in [2.24, 2.45) is 11.8 Å². The summed E-state index contributed by atoms with van der Waals surface area (Å²) in [6, 6.07) is 0. The molecule has 0 aliphatic heterocycles. The second-order valence-electron chi connectivity index (χ2n) is 7.33. The molecule has 0 aromatic carbocycles. The second-order valence-corrected chi connectivity index (χ2v) is 11.0. The van der Waals surface area contributed by atoms with Crippen molar-refractivity contribution < 1.29 is 9.53 Å². The number of ether oxygens (including phenoxy) is 1. The third kappa shape index (κ3) is 8.69. The van der Waals surface area contributed by atoms with Crippen LogP contribution >= 0.6 is 31.9 Å². The number of hydrogen-bond acceptors (Lipinski definition) is 2. The van der Waals surface area contributed by atoms with Crippen LogP contribution in [0.3, 0.4) is 0 Å². The number of unbranched alkanes of at least 4 members (excludes halogenated alkanes) is 9. The molecule has 2 atom stereocenters. The molecule has 0 heterocycles. The highest BCUT2D eigenvalue weighted by atomic mass is 79.9. The molecular formula is C20H36Br2O2. The van der Waals surface area contributed by atoms with Gasteiger partial charge in [-0.1, -0.05) is 103 Å². The van der Waals surface area contributed by atoms with Gasteiger partial charge in [-0.25, -0.2) is 0 Å². The Morgan fingerprint density at radius 3 is 1.79 bits per heavy atom. The van der Waals surface area contributed by atoms with Crippen molar-refractivity contribution in [2.75, 3.05) is 7.11 Å². The molecule has 4 heteroatoms. The average Bonchev–Trinajstić information content (AvgIpc) is 3.09. The lowest BCUT2D eigenvalue weighted by molar-refractivity contribution is -0.140. The molecule has 1 fully saturated rings. The zero-order valence-corrected chi connectivity index (χ0v) is 18.8. The van der Waals surface area contributed by atoms with Gasteiger partial charge in [-0.05, 0) is 31.1 Å². The Kier molecular flexibility index (Phi) is 11.9. The predicted octanol–water partition coefficient (Wildman–Crippen LogP) is 7.37. The molecule has 1 aliphatic rings. The van der Waals surface area contributed by atoms with E-state index in [1.54, 1.807) is 0 Å². The van der Waals surface area contributed by atoms with Gasteiger partial charge in [0.05, 0.1) is 10.3 Å². The average molecular weight is 468 g/mol. The summed E-state index contributed by atoms with van der Waals surface area (Å²) >= 11 is 7.79. The van der Waals surface area contributed by atoms with Crippen molar-refractivity contribution >= 4 is 37.8 Å². The summed E-state index contributed by atoms with van der Waals surface area (Å²) in [5.74, 6) is 1.56. The SMILES string of the molecule is CCCCCCCCC1C(CCCCCCCC(=O)OC)C1(Br)Br. The Morgan fingerprint density at radius 2 is 1.29 bits per heavy atom. The number of carbonyl (C=O) groups is 1. The van der Waals surface area contributed by atoms with E-state index < -0.39 is 0 Å². The van der Waals surface area contributed by atoms with Crippen molar-refractivity contribution in [3.63, 3.8) is 0 Å². The molecular weight excluding hydrogens is 432 g/mol. The molecule has 0 radical (unpaired) electrons. The quantitative estimate of drug-likeness (QED) is 0.143. The summed E-state index contributed by atoms with van der Waals surface area (Å²) < 4.78 is 4.89. The molecule has 0 bridgehead atoms. The lowest BCUT2D eigenvalue weighted by atomic mass is 10.0. The highest BCUT2D eigenvalue weighted by molar-refractivity contribution is 9.25. The van der Waals surface area contributed by atoms with Gasteiger partial charge in [0, 0.05) is 6.42 Å². The first-order chi connectivity index (χ1) is 11.5. The third-order valence-electron chi connectivity index (χ3n) is 5.36. The zero-order valence-electron chi connectivity index (χ0n) is 15.6. The van der Waals surface area contributed by atoms with Crippen LogP contribution in [-0.2, 0) is 9.53 Å². The van der Waals surface area contributed by atoms with Gasteiger partial charge >= 0.3 is 5.97 Å². The predicted molar refractivity (Wildman–Crippen MR) is 110 cm³/mol. The first-order valence-corrected chi connectivity index (χ1v) is 11.6. The third-order valence-corrected chi connectivity index (χ3v) is 7.71. The molecule has 1 rings (SSSR count). The Balaban J connectivity index is 1.98. The maximum absolute atomic E-state index is 11.0. The lowest BCUT2D eigenvalue weighted by Crippen LogP contribution is -1.99. The number of rotatable bonds is 15. The monoisotopic (exact) mass is 466 g/mol. The Bertz CT molecular complexity index is 345. The minimum absolute atomic E-state index is 0.0751.